The zero-order chi connectivity index (χ0) is 11.4. The minimum atomic E-state index is 0.106. The van der Waals surface area contributed by atoms with Crippen molar-refractivity contribution in [1.82, 2.24) is 9.78 Å². The van der Waals surface area contributed by atoms with E-state index in [1.807, 2.05) is 4.68 Å². The number of nitrogens with one attached hydrogen (secondary N) is 1. The fourth-order valence-electron chi connectivity index (χ4n) is 1.96. The van der Waals surface area contributed by atoms with Crippen LogP contribution in [0.3, 0.4) is 0 Å². The number of aryl methyl sites for hydroxylation is 1. The van der Waals surface area contributed by atoms with Crippen molar-refractivity contribution in [3.8, 4) is 0 Å². The number of hydrogen-bond acceptors (Lipinski definition) is 1. The van der Waals surface area contributed by atoms with Gasteiger partial charge in [-0.05, 0) is 25.7 Å². The minimum Gasteiger partial charge on any atom is -0.289 e. The zero-order valence-corrected chi connectivity index (χ0v) is 10.3. The molecule has 0 atom stereocenters. The van der Waals surface area contributed by atoms with E-state index in [0.717, 1.165) is 31.4 Å². The summed E-state index contributed by atoms with van der Waals surface area (Å²) in [4.78, 5) is 11.8. The molecular weight excluding hydrogens is 188 g/mol. The van der Waals surface area contributed by atoms with Crippen LogP contribution < -0.4 is 5.56 Å². The largest absolute Gasteiger partial charge is 0.289 e. The fraction of sp³-hybridized carbons (Fsp3) is 0.750. The topological polar surface area (TPSA) is 37.8 Å². The Morgan fingerprint density at radius 3 is 2.47 bits per heavy atom. The van der Waals surface area contributed by atoms with Gasteiger partial charge in [-0.2, -0.15) is 0 Å². The quantitative estimate of drug-likeness (QED) is 0.796. The molecule has 3 nitrogen and oxygen atoms in total. The molecule has 0 aliphatic carbocycles. The highest BCUT2D eigenvalue weighted by molar-refractivity contribution is 5.19. The maximum atomic E-state index is 11.8. The molecule has 1 rings (SSSR count). The van der Waals surface area contributed by atoms with Crippen molar-refractivity contribution in [2.45, 2.75) is 53.5 Å². The molecular formula is C12H22N2O. The maximum Gasteiger partial charge on any atom is 0.267 e. The second kappa shape index (κ2) is 5.19. The summed E-state index contributed by atoms with van der Waals surface area (Å²) in [5.41, 5.74) is 2.31. The molecule has 1 aromatic rings. The standard InChI is InChI=1S/C12H22N2O/c1-5-7-11-10(8-9(3)4)12(15)13-14(11)6-2/h9H,5-8H2,1-4H3,(H,13,15). The second-order valence-electron chi connectivity index (χ2n) is 4.46. The summed E-state index contributed by atoms with van der Waals surface area (Å²) >= 11 is 0. The van der Waals surface area contributed by atoms with Crippen LogP contribution >= 0.6 is 0 Å². The monoisotopic (exact) mass is 210 g/mol. The molecule has 0 unspecified atom stereocenters. The molecule has 0 aliphatic heterocycles. The van der Waals surface area contributed by atoms with Crippen LogP contribution in [0.5, 0.6) is 0 Å². The van der Waals surface area contributed by atoms with Crippen molar-refractivity contribution in [3.63, 3.8) is 0 Å². The molecule has 0 aromatic carbocycles. The Kier molecular flexibility index (Phi) is 4.18. The van der Waals surface area contributed by atoms with Gasteiger partial charge in [0.1, 0.15) is 0 Å². The van der Waals surface area contributed by atoms with E-state index in [2.05, 4.69) is 32.8 Å². The minimum absolute atomic E-state index is 0.106. The van der Waals surface area contributed by atoms with E-state index in [9.17, 15) is 4.79 Å². The first-order chi connectivity index (χ1) is 7.10. The summed E-state index contributed by atoms with van der Waals surface area (Å²) in [6, 6.07) is 0. The Morgan fingerprint density at radius 2 is 2.00 bits per heavy atom. The Labute approximate surface area is 91.5 Å². The third-order valence-corrected chi connectivity index (χ3v) is 2.60. The van der Waals surface area contributed by atoms with E-state index in [1.165, 1.54) is 5.69 Å². The third kappa shape index (κ3) is 2.74. The Morgan fingerprint density at radius 1 is 1.33 bits per heavy atom. The van der Waals surface area contributed by atoms with Gasteiger partial charge in [0.05, 0.1) is 0 Å². The van der Waals surface area contributed by atoms with Crippen LogP contribution in [-0.2, 0) is 19.4 Å². The van der Waals surface area contributed by atoms with Crippen LogP contribution in [0.4, 0.5) is 0 Å². The average molecular weight is 210 g/mol. The number of aromatic amines is 1. The van der Waals surface area contributed by atoms with Crippen molar-refractivity contribution in [2.24, 2.45) is 5.92 Å². The maximum absolute atomic E-state index is 11.8. The smallest absolute Gasteiger partial charge is 0.267 e. The van der Waals surface area contributed by atoms with E-state index in [-0.39, 0.29) is 5.56 Å². The van der Waals surface area contributed by atoms with Crippen molar-refractivity contribution >= 4 is 0 Å². The summed E-state index contributed by atoms with van der Waals surface area (Å²) in [6.45, 7) is 9.37. The van der Waals surface area contributed by atoms with Gasteiger partial charge in [-0.15, -0.1) is 0 Å². The van der Waals surface area contributed by atoms with Crippen LogP contribution in [-0.4, -0.2) is 9.78 Å². The molecule has 0 bridgehead atoms. The lowest BCUT2D eigenvalue weighted by atomic mass is 10.0. The van der Waals surface area contributed by atoms with E-state index in [4.69, 9.17) is 0 Å². The SMILES string of the molecule is CCCc1c(CC(C)C)c(=O)[nH]n1CC. The molecule has 0 fully saturated rings. The van der Waals surface area contributed by atoms with Crippen LogP contribution in [0.1, 0.15) is 45.4 Å². The number of rotatable bonds is 5. The summed E-state index contributed by atoms with van der Waals surface area (Å²) in [6.07, 6.45) is 2.97. The molecule has 1 N–H and O–H groups in total. The predicted molar refractivity (Wildman–Crippen MR) is 63.3 cm³/mol. The molecule has 15 heavy (non-hydrogen) atoms. The van der Waals surface area contributed by atoms with Crippen molar-refractivity contribution in [2.75, 3.05) is 0 Å². The predicted octanol–water partition coefficient (Wildman–Crippen LogP) is 2.35. The highest BCUT2D eigenvalue weighted by atomic mass is 16.1. The Hall–Kier alpha value is -0.990. The van der Waals surface area contributed by atoms with E-state index < -0.39 is 0 Å². The summed E-state index contributed by atoms with van der Waals surface area (Å²) in [5.74, 6) is 0.536. The molecule has 86 valence electrons. The van der Waals surface area contributed by atoms with Gasteiger partial charge in [0.2, 0.25) is 0 Å². The molecule has 0 amide bonds. The first-order valence-corrected chi connectivity index (χ1v) is 5.90. The van der Waals surface area contributed by atoms with E-state index >= 15 is 0 Å². The molecule has 0 spiro atoms. The molecule has 0 saturated heterocycles. The number of aromatic nitrogens is 2. The summed E-state index contributed by atoms with van der Waals surface area (Å²) < 4.78 is 1.99. The Bertz CT molecular complexity index is 360. The number of nitrogens with zero attached hydrogens (tertiary/aromatic N) is 1. The van der Waals surface area contributed by atoms with Gasteiger partial charge in [-0.3, -0.25) is 14.6 Å². The first kappa shape index (κ1) is 12.1. The molecule has 0 aliphatic rings. The lowest BCUT2D eigenvalue weighted by Gasteiger charge is -2.08. The third-order valence-electron chi connectivity index (χ3n) is 2.60. The highest BCUT2D eigenvalue weighted by Crippen LogP contribution is 2.12. The van der Waals surface area contributed by atoms with Gasteiger partial charge >= 0.3 is 0 Å². The summed E-state index contributed by atoms with van der Waals surface area (Å²) in [7, 11) is 0. The normalized spacial score (nSPS) is 11.3. The van der Waals surface area contributed by atoms with Gasteiger partial charge < -0.3 is 0 Å². The number of hydrogen-bond donors (Lipinski definition) is 1. The van der Waals surface area contributed by atoms with Crippen molar-refractivity contribution in [3.05, 3.63) is 21.6 Å². The second-order valence-corrected chi connectivity index (χ2v) is 4.46. The van der Waals surface area contributed by atoms with Crippen LogP contribution in [0.25, 0.3) is 0 Å². The van der Waals surface area contributed by atoms with Gasteiger partial charge in [0.25, 0.3) is 5.56 Å². The van der Waals surface area contributed by atoms with Crippen LogP contribution in [0.15, 0.2) is 4.79 Å². The summed E-state index contributed by atoms with van der Waals surface area (Å²) in [5, 5.41) is 2.91. The van der Waals surface area contributed by atoms with Gasteiger partial charge in [0, 0.05) is 17.8 Å². The Balaban J connectivity index is 3.10. The van der Waals surface area contributed by atoms with Crippen LogP contribution in [0.2, 0.25) is 0 Å². The van der Waals surface area contributed by atoms with Crippen molar-refractivity contribution in [1.29, 1.82) is 0 Å². The number of H-pyrrole nitrogens is 1. The zero-order valence-electron chi connectivity index (χ0n) is 10.3. The van der Waals surface area contributed by atoms with Gasteiger partial charge in [-0.1, -0.05) is 27.2 Å². The fourth-order valence-corrected chi connectivity index (χ4v) is 1.96. The van der Waals surface area contributed by atoms with Crippen LogP contribution in [0, 0.1) is 5.92 Å². The average Bonchev–Trinajstić information content (AvgIpc) is 2.45. The van der Waals surface area contributed by atoms with Gasteiger partial charge in [0.15, 0.2) is 0 Å². The molecule has 0 radical (unpaired) electrons. The van der Waals surface area contributed by atoms with E-state index in [1.54, 1.807) is 0 Å². The molecule has 3 heteroatoms. The lowest BCUT2D eigenvalue weighted by molar-refractivity contribution is 0.601. The molecule has 1 aromatic heterocycles. The van der Waals surface area contributed by atoms with Crippen molar-refractivity contribution < 1.29 is 0 Å². The molecule has 0 saturated carbocycles. The molecule has 1 heterocycles. The highest BCUT2D eigenvalue weighted by Gasteiger charge is 2.13. The lowest BCUT2D eigenvalue weighted by Crippen LogP contribution is -2.10. The first-order valence-electron chi connectivity index (χ1n) is 5.90. The van der Waals surface area contributed by atoms with E-state index in [0.29, 0.717) is 5.92 Å². The van der Waals surface area contributed by atoms with Gasteiger partial charge in [-0.25, -0.2) is 0 Å².